The van der Waals surface area contributed by atoms with E-state index in [4.69, 9.17) is 9.47 Å². The fourth-order valence-electron chi connectivity index (χ4n) is 2.70. The summed E-state index contributed by atoms with van der Waals surface area (Å²) in [6.07, 6.45) is 0.984. The molecule has 1 aliphatic rings. The Balaban J connectivity index is 0.00000338. The number of amides is 1. The van der Waals surface area contributed by atoms with Crippen molar-refractivity contribution < 1.29 is 14.3 Å². The minimum Gasteiger partial charge on any atom is -0.493 e. The lowest BCUT2D eigenvalue weighted by Crippen LogP contribution is -2.46. The molecule has 148 valence electrons. The molecule has 1 heterocycles. The SMILES string of the molecule is COc1cc(C(=O)NCCN2CCNCC2)ccc1OCCC(C)C.Cl. The molecule has 1 fully saturated rings. The summed E-state index contributed by atoms with van der Waals surface area (Å²) in [7, 11) is 1.59. The molecule has 2 rings (SSSR count). The van der Waals surface area contributed by atoms with E-state index in [1.54, 1.807) is 19.2 Å². The third-order valence-electron chi connectivity index (χ3n) is 4.30. The lowest BCUT2D eigenvalue weighted by molar-refractivity contribution is 0.0947. The van der Waals surface area contributed by atoms with Gasteiger partial charge in [-0.3, -0.25) is 9.69 Å². The van der Waals surface area contributed by atoms with Crippen molar-refractivity contribution in [1.82, 2.24) is 15.5 Å². The van der Waals surface area contributed by atoms with Crippen molar-refractivity contribution in [2.75, 3.05) is 53.0 Å². The van der Waals surface area contributed by atoms with Crippen LogP contribution in [0.1, 0.15) is 30.6 Å². The van der Waals surface area contributed by atoms with Crippen molar-refractivity contribution in [2.45, 2.75) is 20.3 Å². The van der Waals surface area contributed by atoms with E-state index < -0.39 is 0 Å². The molecule has 26 heavy (non-hydrogen) atoms. The fourth-order valence-corrected chi connectivity index (χ4v) is 2.70. The van der Waals surface area contributed by atoms with Crippen LogP contribution in [0.15, 0.2) is 18.2 Å². The van der Waals surface area contributed by atoms with Gasteiger partial charge in [-0.15, -0.1) is 12.4 Å². The number of hydrogen-bond acceptors (Lipinski definition) is 5. The lowest BCUT2D eigenvalue weighted by Gasteiger charge is -2.27. The van der Waals surface area contributed by atoms with E-state index >= 15 is 0 Å². The van der Waals surface area contributed by atoms with E-state index in [0.717, 1.165) is 39.1 Å². The van der Waals surface area contributed by atoms with Gasteiger partial charge in [0.1, 0.15) is 0 Å². The zero-order valence-corrected chi connectivity index (χ0v) is 16.9. The van der Waals surface area contributed by atoms with Crippen LogP contribution in [0.25, 0.3) is 0 Å². The normalized spacial score (nSPS) is 14.6. The first-order valence-corrected chi connectivity index (χ1v) is 9.12. The third-order valence-corrected chi connectivity index (χ3v) is 4.30. The maximum atomic E-state index is 12.3. The Bertz CT molecular complexity index is 549. The van der Waals surface area contributed by atoms with Gasteiger partial charge in [0.15, 0.2) is 11.5 Å². The predicted octanol–water partition coefficient (Wildman–Crippen LogP) is 2.18. The van der Waals surface area contributed by atoms with Gasteiger partial charge in [0.25, 0.3) is 5.91 Å². The molecule has 1 amide bonds. The molecule has 0 saturated carbocycles. The Morgan fingerprint density at radius 1 is 1.27 bits per heavy atom. The van der Waals surface area contributed by atoms with Crippen LogP contribution in [0.3, 0.4) is 0 Å². The molecule has 1 aromatic carbocycles. The second kappa shape index (κ2) is 12.0. The number of nitrogens with zero attached hydrogens (tertiary/aromatic N) is 1. The largest absolute Gasteiger partial charge is 0.493 e. The highest BCUT2D eigenvalue weighted by Crippen LogP contribution is 2.28. The number of nitrogens with one attached hydrogen (secondary N) is 2. The average Bonchev–Trinajstić information content (AvgIpc) is 2.62. The Morgan fingerprint density at radius 3 is 2.65 bits per heavy atom. The van der Waals surface area contributed by atoms with Gasteiger partial charge < -0.3 is 20.1 Å². The molecule has 0 spiro atoms. The summed E-state index contributed by atoms with van der Waals surface area (Å²) in [5.74, 6) is 1.79. The number of hydrogen-bond donors (Lipinski definition) is 2. The van der Waals surface area contributed by atoms with E-state index in [0.29, 0.717) is 36.1 Å². The summed E-state index contributed by atoms with van der Waals surface area (Å²) in [4.78, 5) is 14.7. The Morgan fingerprint density at radius 2 is 2.00 bits per heavy atom. The number of methoxy groups -OCH3 is 1. The summed E-state index contributed by atoms with van der Waals surface area (Å²) in [6.45, 7) is 10.6. The molecule has 0 atom stereocenters. The van der Waals surface area contributed by atoms with Crippen LogP contribution in [0.4, 0.5) is 0 Å². The molecular formula is C19H32ClN3O3. The smallest absolute Gasteiger partial charge is 0.251 e. The van der Waals surface area contributed by atoms with Crippen molar-refractivity contribution in [1.29, 1.82) is 0 Å². The van der Waals surface area contributed by atoms with Crippen LogP contribution in [0, 0.1) is 5.92 Å². The summed E-state index contributed by atoms with van der Waals surface area (Å²) in [5, 5.41) is 6.30. The second-order valence-corrected chi connectivity index (χ2v) is 6.74. The Kier molecular flexibility index (Phi) is 10.4. The quantitative estimate of drug-likeness (QED) is 0.682. The fraction of sp³-hybridized carbons (Fsp3) is 0.632. The van der Waals surface area contributed by atoms with Crippen LogP contribution < -0.4 is 20.1 Å². The zero-order chi connectivity index (χ0) is 18.1. The van der Waals surface area contributed by atoms with Crippen molar-refractivity contribution in [2.24, 2.45) is 5.92 Å². The first-order valence-electron chi connectivity index (χ1n) is 9.12. The van der Waals surface area contributed by atoms with Crippen molar-refractivity contribution in [3.8, 4) is 11.5 Å². The molecule has 6 nitrogen and oxygen atoms in total. The predicted molar refractivity (Wildman–Crippen MR) is 107 cm³/mol. The summed E-state index contributed by atoms with van der Waals surface area (Å²) in [5.41, 5.74) is 0.591. The summed E-state index contributed by atoms with van der Waals surface area (Å²) >= 11 is 0. The van der Waals surface area contributed by atoms with Gasteiger partial charge >= 0.3 is 0 Å². The number of carbonyl (C=O) groups is 1. The molecular weight excluding hydrogens is 354 g/mol. The highest BCUT2D eigenvalue weighted by atomic mass is 35.5. The number of halogens is 1. The Labute approximate surface area is 163 Å². The molecule has 0 bridgehead atoms. The van der Waals surface area contributed by atoms with Crippen LogP contribution in [0.5, 0.6) is 11.5 Å². The van der Waals surface area contributed by atoms with Crippen LogP contribution >= 0.6 is 12.4 Å². The van der Waals surface area contributed by atoms with Gasteiger partial charge in [0.05, 0.1) is 13.7 Å². The molecule has 2 N–H and O–H groups in total. The maximum absolute atomic E-state index is 12.3. The molecule has 0 unspecified atom stereocenters. The molecule has 1 saturated heterocycles. The summed E-state index contributed by atoms with van der Waals surface area (Å²) < 4.78 is 11.1. The van der Waals surface area contributed by atoms with E-state index in [1.165, 1.54) is 0 Å². The van der Waals surface area contributed by atoms with Gasteiger partial charge in [-0.05, 0) is 30.5 Å². The van der Waals surface area contributed by atoms with E-state index in [1.807, 2.05) is 6.07 Å². The zero-order valence-electron chi connectivity index (χ0n) is 16.0. The highest BCUT2D eigenvalue weighted by molar-refractivity contribution is 5.94. The van der Waals surface area contributed by atoms with Gasteiger partial charge in [-0.25, -0.2) is 0 Å². The van der Waals surface area contributed by atoms with E-state index in [2.05, 4.69) is 29.4 Å². The minimum atomic E-state index is -0.0813. The number of carbonyl (C=O) groups excluding carboxylic acids is 1. The van der Waals surface area contributed by atoms with Crippen LogP contribution in [-0.4, -0.2) is 63.8 Å². The minimum absolute atomic E-state index is 0. The van der Waals surface area contributed by atoms with Gasteiger partial charge in [0, 0.05) is 44.8 Å². The van der Waals surface area contributed by atoms with Gasteiger partial charge in [0.2, 0.25) is 0 Å². The molecule has 0 aliphatic carbocycles. The summed E-state index contributed by atoms with van der Waals surface area (Å²) in [6, 6.07) is 5.34. The number of rotatable bonds is 9. The molecule has 0 aromatic heterocycles. The Hall–Kier alpha value is -1.50. The molecule has 1 aromatic rings. The number of piperazine rings is 1. The van der Waals surface area contributed by atoms with Crippen molar-refractivity contribution in [3.05, 3.63) is 23.8 Å². The maximum Gasteiger partial charge on any atom is 0.251 e. The molecule has 7 heteroatoms. The lowest BCUT2D eigenvalue weighted by atomic mass is 10.1. The van der Waals surface area contributed by atoms with Crippen LogP contribution in [0.2, 0.25) is 0 Å². The first kappa shape index (κ1) is 22.5. The van der Waals surface area contributed by atoms with Gasteiger partial charge in [-0.1, -0.05) is 13.8 Å². The van der Waals surface area contributed by atoms with Crippen molar-refractivity contribution in [3.63, 3.8) is 0 Å². The molecule has 1 aliphatic heterocycles. The first-order chi connectivity index (χ1) is 12.1. The monoisotopic (exact) mass is 385 g/mol. The number of ether oxygens (including phenoxy) is 2. The van der Waals surface area contributed by atoms with Crippen LogP contribution in [-0.2, 0) is 0 Å². The standard InChI is InChI=1S/C19H31N3O3.ClH/c1-15(2)6-13-25-17-5-4-16(14-18(17)24-3)19(23)21-9-12-22-10-7-20-8-11-22;/h4-5,14-15,20H,6-13H2,1-3H3,(H,21,23);1H. The average molecular weight is 386 g/mol. The van der Waals surface area contributed by atoms with E-state index in [9.17, 15) is 4.79 Å². The second-order valence-electron chi connectivity index (χ2n) is 6.74. The van der Waals surface area contributed by atoms with Crippen molar-refractivity contribution >= 4 is 18.3 Å². The molecule has 0 radical (unpaired) electrons. The van der Waals surface area contributed by atoms with E-state index in [-0.39, 0.29) is 18.3 Å². The third kappa shape index (κ3) is 7.40. The topological polar surface area (TPSA) is 62.8 Å². The van der Waals surface area contributed by atoms with Gasteiger partial charge in [-0.2, -0.15) is 0 Å². The highest BCUT2D eigenvalue weighted by Gasteiger charge is 2.13. The number of benzene rings is 1.